The number of benzene rings is 2. The molecule has 1 heterocycles. The Bertz CT molecular complexity index is 914. The molecule has 1 aliphatic heterocycles. The lowest BCUT2D eigenvalue weighted by Gasteiger charge is -2.15. The van der Waals surface area contributed by atoms with Crippen molar-refractivity contribution in [2.24, 2.45) is 0 Å². The summed E-state index contributed by atoms with van der Waals surface area (Å²) in [6.45, 7) is 1.98. The number of hydrogen-bond acceptors (Lipinski definition) is 6. The molecule has 7 nitrogen and oxygen atoms in total. The molecule has 3 amide bonds. The van der Waals surface area contributed by atoms with Crippen molar-refractivity contribution >= 4 is 46.8 Å². The van der Waals surface area contributed by atoms with E-state index in [0.717, 1.165) is 16.7 Å². The van der Waals surface area contributed by atoms with Gasteiger partial charge in [0.2, 0.25) is 17.7 Å². The van der Waals surface area contributed by atoms with Gasteiger partial charge >= 0.3 is 5.97 Å². The molecule has 1 N–H and O–H groups in total. The van der Waals surface area contributed by atoms with Crippen LogP contribution in [0.4, 0.5) is 11.4 Å². The summed E-state index contributed by atoms with van der Waals surface area (Å²) in [5.74, 6) is -1.33. The first-order chi connectivity index (χ1) is 14.0. The molecule has 2 aromatic rings. The zero-order valence-corrected chi connectivity index (χ0v) is 16.6. The third kappa shape index (κ3) is 5.03. The highest BCUT2D eigenvalue weighted by molar-refractivity contribution is 8.01. The van der Waals surface area contributed by atoms with E-state index in [1.54, 1.807) is 19.1 Å². The molecule has 3 rings (SSSR count). The van der Waals surface area contributed by atoms with Gasteiger partial charge in [-0.1, -0.05) is 18.2 Å². The van der Waals surface area contributed by atoms with Crippen LogP contribution in [-0.2, 0) is 19.1 Å². The summed E-state index contributed by atoms with van der Waals surface area (Å²) in [6, 6.07) is 15.1. The molecule has 0 saturated carbocycles. The number of rotatable bonds is 7. The van der Waals surface area contributed by atoms with Gasteiger partial charge in [0.05, 0.1) is 28.9 Å². The number of hydrogen-bond donors (Lipinski definition) is 1. The van der Waals surface area contributed by atoms with Crippen LogP contribution in [0.2, 0.25) is 0 Å². The van der Waals surface area contributed by atoms with E-state index in [0.29, 0.717) is 16.9 Å². The second kappa shape index (κ2) is 9.38. The van der Waals surface area contributed by atoms with Crippen LogP contribution >= 0.6 is 11.8 Å². The van der Waals surface area contributed by atoms with Crippen LogP contribution in [-0.4, -0.2) is 41.3 Å². The number of nitrogens with zero attached hydrogens (tertiary/aromatic N) is 1. The van der Waals surface area contributed by atoms with Crippen molar-refractivity contribution in [3.63, 3.8) is 0 Å². The first kappa shape index (κ1) is 20.6. The topological polar surface area (TPSA) is 92.8 Å². The fourth-order valence-corrected chi connectivity index (χ4v) is 3.79. The van der Waals surface area contributed by atoms with Gasteiger partial charge in [0, 0.05) is 12.1 Å². The largest absolute Gasteiger partial charge is 0.462 e. The Morgan fingerprint density at radius 3 is 2.45 bits per heavy atom. The number of esters is 1. The van der Waals surface area contributed by atoms with E-state index in [2.05, 4.69) is 5.32 Å². The van der Waals surface area contributed by atoms with Crippen molar-refractivity contribution in [2.75, 3.05) is 22.6 Å². The Morgan fingerprint density at radius 2 is 1.79 bits per heavy atom. The van der Waals surface area contributed by atoms with Crippen LogP contribution in [0.5, 0.6) is 0 Å². The lowest BCUT2D eigenvalue weighted by Crippen LogP contribution is -2.31. The van der Waals surface area contributed by atoms with Gasteiger partial charge in [-0.2, -0.15) is 0 Å². The van der Waals surface area contributed by atoms with Crippen LogP contribution in [0.3, 0.4) is 0 Å². The van der Waals surface area contributed by atoms with Gasteiger partial charge in [0.25, 0.3) is 0 Å². The second-order valence-corrected chi connectivity index (χ2v) is 7.44. The number of thioether (sulfide) groups is 1. The lowest BCUT2D eigenvalue weighted by atomic mass is 10.2. The monoisotopic (exact) mass is 412 g/mol. The molecule has 0 bridgehead atoms. The highest BCUT2D eigenvalue weighted by atomic mass is 32.2. The van der Waals surface area contributed by atoms with E-state index < -0.39 is 11.2 Å². The third-order valence-corrected chi connectivity index (χ3v) is 5.41. The molecule has 0 aromatic heterocycles. The predicted molar refractivity (Wildman–Crippen MR) is 111 cm³/mol. The average Bonchev–Trinajstić information content (AvgIpc) is 3.01. The molecule has 2 aromatic carbocycles. The Labute approximate surface area is 172 Å². The Balaban J connectivity index is 1.59. The molecule has 150 valence electrons. The average molecular weight is 412 g/mol. The third-order valence-electron chi connectivity index (χ3n) is 4.22. The number of para-hydroxylation sites is 1. The molecule has 1 fully saturated rings. The SMILES string of the molecule is CCOC(=O)c1ccc(N2C(=O)C[C@@H](SCC(=O)Nc3ccccc3)C2=O)cc1. The van der Waals surface area contributed by atoms with E-state index in [9.17, 15) is 19.2 Å². The van der Waals surface area contributed by atoms with Gasteiger partial charge in [-0.25, -0.2) is 9.69 Å². The maximum atomic E-state index is 12.7. The molecule has 1 atom stereocenters. The van der Waals surface area contributed by atoms with Crippen LogP contribution in [0.25, 0.3) is 0 Å². The quantitative estimate of drug-likeness (QED) is 0.555. The van der Waals surface area contributed by atoms with Crippen molar-refractivity contribution in [1.29, 1.82) is 0 Å². The first-order valence-electron chi connectivity index (χ1n) is 9.10. The smallest absolute Gasteiger partial charge is 0.338 e. The van der Waals surface area contributed by atoms with Gasteiger partial charge in [-0.3, -0.25) is 14.4 Å². The van der Waals surface area contributed by atoms with E-state index >= 15 is 0 Å². The molecule has 0 aliphatic carbocycles. The minimum Gasteiger partial charge on any atom is -0.462 e. The molecule has 0 unspecified atom stereocenters. The molecular formula is C21H20N2O5S. The summed E-state index contributed by atoms with van der Waals surface area (Å²) in [6.07, 6.45) is 0.0295. The van der Waals surface area contributed by atoms with Gasteiger partial charge < -0.3 is 10.1 Å². The van der Waals surface area contributed by atoms with Crippen molar-refractivity contribution < 1.29 is 23.9 Å². The predicted octanol–water partition coefficient (Wildman–Crippen LogP) is 2.87. The first-order valence-corrected chi connectivity index (χ1v) is 10.1. The highest BCUT2D eigenvalue weighted by Gasteiger charge is 2.40. The Morgan fingerprint density at radius 1 is 1.10 bits per heavy atom. The van der Waals surface area contributed by atoms with E-state index in [4.69, 9.17) is 4.74 Å². The lowest BCUT2D eigenvalue weighted by molar-refractivity contribution is -0.121. The summed E-state index contributed by atoms with van der Waals surface area (Å²) >= 11 is 1.14. The summed E-state index contributed by atoms with van der Waals surface area (Å²) in [5, 5.41) is 2.13. The molecule has 29 heavy (non-hydrogen) atoms. The fraction of sp³-hybridized carbons (Fsp3) is 0.238. The van der Waals surface area contributed by atoms with Crippen molar-refractivity contribution in [1.82, 2.24) is 0 Å². The highest BCUT2D eigenvalue weighted by Crippen LogP contribution is 2.30. The van der Waals surface area contributed by atoms with Crippen molar-refractivity contribution in [3.8, 4) is 0 Å². The van der Waals surface area contributed by atoms with Gasteiger partial charge in [-0.05, 0) is 43.3 Å². The van der Waals surface area contributed by atoms with Gasteiger partial charge in [0.1, 0.15) is 0 Å². The summed E-state index contributed by atoms with van der Waals surface area (Å²) in [4.78, 5) is 49.9. The molecule has 1 saturated heterocycles. The van der Waals surface area contributed by atoms with Crippen molar-refractivity contribution in [3.05, 3.63) is 60.2 Å². The van der Waals surface area contributed by atoms with Crippen LogP contribution in [0.15, 0.2) is 54.6 Å². The zero-order chi connectivity index (χ0) is 20.8. The number of amides is 3. The van der Waals surface area contributed by atoms with E-state index in [-0.39, 0.29) is 36.5 Å². The summed E-state index contributed by atoms with van der Waals surface area (Å²) in [5.41, 5.74) is 1.42. The molecule has 8 heteroatoms. The molecule has 0 spiro atoms. The minimum atomic E-state index is -0.617. The molecule has 1 aliphatic rings. The van der Waals surface area contributed by atoms with E-state index in [1.807, 2.05) is 18.2 Å². The normalized spacial score (nSPS) is 16.0. The number of carbonyl (C=O) groups excluding carboxylic acids is 4. The zero-order valence-electron chi connectivity index (χ0n) is 15.8. The van der Waals surface area contributed by atoms with Crippen LogP contribution in [0, 0.1) is 0 Å². The van der Waals surface area contributed by atoms with Crippen LogP contribution in [0.1, 0.15) is 23.7 Å². The second-order valence-electron chi connectivity index (χ2n) is 6.25. The van der Waals surface area contributed by atoms with E-state index in [1.165, 1.54) is 24.3 Å². The Hall–Kier alpha value is -3.13. The van der Waals surface area contributed by atoms with Crippen molar-refractivity contribution in [2.45, 2.75) is 18.6 Å². The minimum absolute atomic E-state index is 0.0295. The standard InChI is InChI=1S/C21H20N2O5S/c1-2-28-21(27)14-8-10-16(11-9-14)23-19(25)12-17(20(23)26)29-13-18(24)22-15-6-4-3-5-7-15/h3-11,17H,2,12-13H2,1H3,(H,22,24)/t17-/m1/s1. The number of imide groups is 1. The maximum Gasteiger partial charge on any atom is 0.338 e. The number of nitrogens with one attached hydrogen (secondary N) is 1. The molecular weight excluding hydrogens is 392 g/mol. The van der Waals surface area contributed by atoms with Crippen LogP contribution < -0.4 is 10.2 Å². The molecule has 0 radical (unpaired) electrons. The Kier molecular flexibility index (Phi) is 6.66. The fourth-order valence-electron chi connectivity index (χ4n) is 2.86. The summed E-state index contributed by atoms with van der Waals surface area (Å²) < 4.78 is 4.92. The van der Waals surface area contributed by atoms with Gasteiger partial charge in [-0.15, -0.1) is 11.8 Å². The number of anilines is 2. The maximum absolute atomic E-state index is 12.7. The summed E-state index contributed by atoms with van der Waals surface area (Å²) in [7, 11) is 0. The van der Waals surface area contributed by atoms with Gasteiger partial charge in [0.15, 0.2) is 0 Å². The number of ether oxygens (including phenoxy) is 1. The number of carbonyl (C=O) groups is 4.